The van der Waals surface area contributed by atoms with Gasteiger partial charge in [0, 0.05) is 31.5 Å². The van der Waals surface area contributed by atoms with Crippen LogP contribution < -0.4 is 0 Å². The van der Waals surface area contributed by atoms with Crippen LogP contribution in [0.3, 0.4) is 0 Å². The molecular formula is C11H16N2O3. The van der Waals surface area contributed by atoms with Crippen molar-refractivity contribution in [3.63, 3.8) is 0 Å². The zero-order valence-corrected chi connectivity index (χ0v) is 9.09. The SMILES string of the molecule is O=C(O)C1CCc2cnc(CCCO)n2C1. The molecule has 0 aromatic carbocycles. The average Bonchev–Trinajstić information content (AvgIpc) is 2.68. The molecule has 2 N–H and O–H groups in total. The molecule has 1 unspecified atom stereocenters. The number of carboxylic acids is 1. The van der Waals surface area contributed by atoms with Gasteiger partial charge in [0.25, 0.3) is 0 Å². The van der Waals surface area contributed by atoms with Crippen LogP contribution in [0.15, 0.2) is 6.20 Å². The van der Waals surface area contributed by atoms with E-state index in [1.165, 1.54) is 0 Å². The summed E-state index contributed by atoms with van der Waals surface area (Å²) >= 11 is 0. The molecule has 16 heavy (non-hydrogen) atoms. The minimum absolute atomic E-state index is 0.143. The third kappa shape index (κ3) is 2.09. The average molecular weight is 224 g/mol. The number of carboxylic acid groups (broad SMARTS) is 1. The summed E-state index contributed by atoms with van der Waals surface area (Å²) in [4.78, 5) is 15.2. The van der Waals surface area contributed by atoms with E-state index in [-0.39, 0.29) is 12.5 Å². The van der Waals surface area contributed by atoms with Crippen molar-refractivity contribution in [2.75, 3.05) is 6.61 Å². The fourth-order valence-electron chi connectivity index (χ4n) is 2.15. The number of aliphatic carboxylic acids is 1. The van der Waals surface area contributed by atoms with Crippen molar-refractivity contribution in [3.8, 4) is 0 Å². The minimum Gasteiger partial charge on any atom is -0.481 e. The molecule has 0 saturated carbocycles. The molecular weight excluding hydrogens is 208 g/mol. The number of fused-ring (bicyclic) bond motifs is 1. The van der Waals surface area contributed by atoms with E-state index in [2.05, 4.69) is 4.98 Å². The van der Waals surface area contributed by atoms with Crippen LogP contribution in [-0.4, -0.2) is 32.3 Å². The normalized spacial score (nSPS) is 19.4. The Morgan fingerprint density at radius 3 is 3.12 bits per heavy atom. The topological polar surface area (TPSA) is 75.3 Å². The second kappa shape index (κ2) is 4.65. The highest BCUT2D eigenvalue weighted by molar-refractivity contribution is 5.70. The lowest BCUT2D eigenvalue weighted by Gasteiger charge is -2.22. The van der Waals surface area contributed by atoms with Gasteiger partial charge in [-0.1, -0.05) is 0 Å². The number of hydrogen-bond donors (Lipinski definition) is 2. The van der Waals surface area contributed by atoms with Gasteiger partial charge in [0.15, 0.2) is 0 Å². The Kier molecular flexibility index (Phi) is 3.24. The number of nitrogens with zero attached hydrogens (tertiary/aromatic N) is 2. The molecule has 1 aromatic rings. The molecule has 1 aliphatic heterocycles. The molecule has 2 rings (SSSR count). The second-order valence-electron chi connectivity index (χ2n) is 4.18. The maximum Gasteiger partial charge on any atom is 0.308 e. The van der Waals surface area contributed by atoms with Crippen molar-refractivity contribution in [3.05, 3.63) is 17.7 Å². The van der Waals surface area contributed by atoms with E-state index < -0.39 is 5.97 Å². The van der Waals surface area contributed by atoms with Gasteiger partial charge in [0.05, 0.1) is 5.92 Å². The van der Waals surface area contributed by atoms with Crippen LogP contribution in [0.4, 0.5) is 0 Å². The Hall–Kier alpha value is -1.36. The molecule has 1 atom stereocenters. The Labute approximate surface area is 93.7 Å². The van der Waals surface area contributed by atoms with Gasteiger partial charge < -0.3 is 14.8 Å². The standard InChI is InChI=1S/C11H16N2O3/c14-5-1-2-10-12-6-9-4-3-8(11(15)16)7-13(9)10/h6,8,14H,1-5,7H2,(H,15,16). The van der Waals surface area contributed by atoms with Crippen molar-refractivity contribution in [2.24, 2.45) is 5.92 Å². The highest BCUT2D eigenvalue weighted by atomic mass is 16.4. The lowest BCUT2D eigenvalue weighted by atomic mass is 9.98. The van der Waals surface area contributed by atoms with Crippen LogP contribution in [0.25, 0.3) is 0 Å². The zero-order valence-electron chi connectivity index (χ0n) is 9.09. The Morgan fingerprint density at radius 2 is 2.44 bits per heavy atom. The third-order valence-electron chi connectivity index (χ3n) is 3.08. The molecule has 5 nitrogen and oxygen atoms in total. The summed E-state index contributed by atoms with van der Waals surface area (Å²) in [7, 11) is 0. The molecule has 2 heterocycles. The first-order valence-electron chi connectivity index (χ1n) is 5.59. The number of hydrogen-bond acceptors (Lipinski definition) is 3. The number of rotatable bonds is 4. The van der Waals surface area contributed by atoms with Crippen LogP contribution in [0.1, 0.15) is 24.4 Å². The molecule has 0 bridgehead atoms. The van der Waals surface area contributed by atoms with E-state index in [1.807, 2.05) is 10.8 Å². The minimum atomic E-state index is -0.729. The highest BCUT2D eigenvalue weighted by Gasteiger charge is 2.25. The largest absolute Gasteiger partial charge is 0.481 e. The van der Waals surface area contributed by atoms with Crippen LogP contribution in [0.5, 0.6) is 0 Å². The Morgan fingerprint density at radius 1 is 1.62 bits per heavy atom. The predicted molar refractivity (Wildman–Crippen MR) is 57.1 cm³/mol. The fourth-order valence-corrected chi connectivity index (χ4v) is 2.15. The summed E-state index contributed by atoms with van der Waals surface area (Å²) < 4.78 is 2.00. The van der Waals surface area contributed by atoms with Crippen LogP contribution >= 0.6 is 0 Å². The van der Waals surface area contributed by atoms with E-state index in [4.69, 9.17) is 10.2 Å². The predicted octanol–water partition coefficient (Wildman–Crippen LogP) is 0.455. The number of imidazole rings is 1. The fraction of sp³-hybridized carbons (Fsp3) is 0.636. The van der Waals surface area contributed by atoms with Crippen molar-refractivity contribution >= 4 is 5.97 Å². The molecule has 0 saturated heterocycles. The lowest BCUT2D eigenvalue weighted by molar-refractivity contribution is -0.142. The van der Waals surface area contributed by atoms with Gasteiger partial charge in [-0.2, -0.15) is 0 Å². The van der Waals surface area contributed by atoms with Gasteiger partial charge >= 0.3 is 5.97 Å². The van der Waals surface area contributed by atoms with Crippen LogP contribution in [0.2, 0.25) is 0 Å². The summed E-state index contributed by atoms with van der Waals surface area (Å²) in [5, 5.41) is 17.8. The molecule has 1 aliphatic rings. The van der Waals surface area contributed by atoms with Gasteiger partial charge in [-0.15, -0.1) is 0 Å². The summed E-state index contributed by atoms with van der Waals surface area (Å²) in [6.45, 7) is 0.663. The van der Waals surface area contributed by atoms with Crippen molar-refractivity contribution in [1.82, 2.24) is 9.55 Å². The monoisotopic (exact) mass is 224 g/mol. The molecule has 0 radical (unpaired) electrons. The first kappa shape index (κ1) is 11.1. The van der Waals surface area contributed by atoms with E-state index in [9.17, 15) is 4.79 Å². The van der Waals surface area contributed by atoms with E-state index in [1.54, 1.807) is 0 Å². The maximum absolute atomic E-state index is 10.9. The molecule has 0 amide bonds. The molecule has 5 heteroatoms. The van der Waals surface area contributed by atoms with E-state index >= 15 is 0 Å². The quantitative estimate of drug-likeness (QED) is 0.778. The number of aryl methyl sites for hydroxylation is 2. The number of carbonyl (C=O) groups is 1. The molecule has 88 valence electrons. The van der Waals surface area contributed by atoms with E-state index in [0.717, 1.165) is 17.9 Å². The summed E-state index contributed by atoms with van der Waals surface area (Å²) in [6.07, 6.45) is 4.69. The molecule has 1 aromatic heterocycles. The van der Waals surface area contributed by atoms with Gasteiger partial charge in [-0.25, -0.2) is 4.98 Å². The van der Waals surface area contributed by atoms with Crippen LogP contribution in [-0.2, 0) is 24.2 Å². The summed E-state index contributed by atoms with van der Waals surface area (Å²) in [5.41, 5.74) is 1.12. The van der Waals surface area contributed by atoms with Crippen LogP contribution in [0, 0.1) is 5.92 Å². The highest BCUT2D eigenvalue weighted by Crippen LogP contribution is 2.22. The summed E-state index contributed by atoms with van der Waals surface area (Å²) in [6, 6.07) is 0. The molecule has 0 fully saturated rings. The van der Waals surface area contributed by atoms with Gasteiger partial charge in [0.1, 0.15) is 5.82 Å². The Bertz CT molecular complexity index is 387. The van der Waals surface area contributed by atoms with Gasteiger partial charge in [-0.3, -0.25) is 4.79 Å². The van der Waals surface area contributed by atoms with Crippen molar-refractivity contribution in [1.29, 1.82) is 0 Å². The van der Waals surface area contributed by atoms with Crippen molar-refractivity contribution in [2.45, 2.75) is 32.2 Å². The van der Waals surface area contributed by atoms with E-state index in [0.29, 0.717) is 25.8 Å². The smallest absolute Gasteiger partial charge is 0.308 e. The number of aliphatic hydroxyl groups excluding tert-OH is 1. The third-order valence-corrected chi connectivity index (χ3v) is 3.08. The van der Waals surface area contributed by atoms with Gasteiger partial charge in [0.2, 0.25) is 0 Å². The van der Waals surface area contributed by atoms with Gasteiger partial charge in [-0.05, 0) is 19.3 Å². The number of aliphatic hydroxyl groups is 1. The molecule has 0 spiro atoms. The lowest BCUT2D eigenvalue weighted by Crippen LogP contribution is -2.27. The number of aromatic nitrogens is 2. The Balaban J connectivity index is 2.14. The summed E-state index contributed by atoms with van der Waals surface area (Å²) in [5.74, 6) is -0.128. The second-order valence-corrected chi connectivity index (χ2v) is 4.18. The first-order chi connectivity index (χ1) is 7.72. The molecule has 0 aliphatic carbocycles. The maximum atomic E-state index is 10.9. The van der Waals surface area contributed by atoms with Crippen molar-refractivity contribution < 1.29 is 15.0 Å². The first-order valence-corrected chi connectivity index (χ1v) is 5.59. The zero-order chi connectivity index (χ0) is 11.5.